The molecule has 2 saturated heterocycles. The summed E-state index contributed by atoms with van der Waals surface area (Å²) in [7, 11) is 0. The van der Waals surface area contributed by atoms with E-state index in [0.717, 1.165) is 22.3 Å². The maximum absolute atomic E-state index is 13.7. The van der Waals surface area contributed by atoms with Crippen LogP contribution in [0.1, 0.15) is 41.7 Å². The standard InChI is InChI=1S/C37H37F2NO7/c38-26-10-8-23(9-11-26)30(42)17-16-29-33(40(37(29)46)28-14-12-27(39)13-15-28)24-6-4-22(5-7-24)25-3-1-2-21(18-25)19-31-34(43)36(45)35(44)32(20-41)47-31/h1-15,18,29-36,41-45H,16-17,19-20H2/t29-,30+,31+,32-,33-,34+,35-,36-/m1/s1. The molecule has 47 heavy (non-hydrogen) atoms. The van der Waals surface area contributed by atoms with Crippen molar-refractivity contribution in [3.63, 3.8) is 0 Å². The number of carbonyl (C=O) groups is 1. The van der Waals surface area contributed by atoms with E-state index in [1.165, 1.54) is 36.4 Å². The topological polar surface area (TPSA) is 131 Å². The van der Waals surface area contributed by atoms with Crippen LogP contribution in [0.4, 0.5) is 14.5 Å². The van der Waals surface area contributed by atoms with Gasteiger partial charge in [-0.2, -0.15) is 0 Å². The highest BCUT2D eigenvalue weighted by Crippen LogP contribution is 2.46. The first-order chi connectivity index (χ1) is 22.6. The summed E-state index contributed by atoms with van der Waals surface area (Å²) in [5.41, 5.74) is 4.62. The Labute approximate surface area is 271 Å². The Kier molecular flexibility index (Phi) is 9.79. The molecule has 0 aromatic heterocycles. The molecule has 6 rings (SSSR count). The average Bonchev–Trinajstić information content (AvgIpc) is 3.08. The molecule has 1 amide bonds. The molecule has 0 unspecified atom stereocenters. The SMILES string of the molecule is O=C1[C@H](CC[C@H](O)c2ccc(F)cc2)[C@@H](c2ccc(-c3cccc(C[C@@H]4O[C@H](CO)[C@@H](O)[C@H](O)[C@H]4O)c3)cc2)N1c1ccc(F)cc1. The lowest BCUT2D eigenvalue weighted by molar-refractivity contribution is -0.228. The second-order valence-electron chi connectivity index (χ2n) is 12.3. The number of β-lactam (4-membered cyclic amide) rings is 1. The number of aliphatic hydroxyl groups is 5. The van der Waals surface area contributed by atoms with Gasteiger partial charge in [-0.3, -0.25) is 4.79 Å². The summed E-state index contributed by atoms with van der Waals surface area (Å²) in [6.07, 6.45) is -5.90. The molecule has 0 radical (unpaired) electrons. The fourth-order valence-corrected chi connectivity index (χ4v) is 6.62. The van der Waals surface area contributed by atoms with Crippen molar-refractivity contribution in [3.05, 3.63) is 125 Å². The molecule has 8 atom stereocenters. The van der Waals surface area contributed by atoms with Crippen molar-refractivity contribution in [3.8, 4) is 11.1 Å². The van der Waals surface area contributed by atoms with Crippen LogP contribution in [-0.2, 0) is 16.0 Å². The molecule has 0 aliphatic carbocycles. The first-order valence-electron chi connectivity index (χ1n) is 15.7. The molecule has 2 fully saturated rings. The fraction of sp³-hybridized carbons (Fsp3) is 0.324. The number of amides is 1. The van der Waals surface area contributed by atoms with Gasteiger partial charge in [-0.1, -0.05) is 60.7 Å². The zero-order chi connectivity index (χ0) is 33.2. The number of nitrogens with zero attached hydrogens (tertiary/aromatic N) is 1. The average molecular weight is 646 g/mol. The molecule has 8 nitrogen and oxygen atoms in total. The van der Waals surface area contributed by atoms with Crippen LogP contribution in [0, 0.1) is 17.6 Å². The predicted octanol–water partition coefficient (Wildman–Crippen LogP) is 4.23. The third-order valence-electron chi connectivity index (χ3n) is 9.27. The zero-order valence-electron chi connectivity index (χ0n) is 25.4. The molecule has 2 aliphatic rings. The Balaban J connectivity index is 1.20. The highest BCUT2D eigenvalue weighted by molar-refractivity contribution is 6.03. The quantitative estimate of drug-likeness (QED) is 0.163. The normalized spacial score (nSPS) is 26.6. The Bertz CT molecular complexity index is 1670. The number of rotatable bonds is 10. The van der Waals surface area contributed by atoms with Gasteiger partial charge in [0.1, 0.15) is 36.1 Å². The monoisotopic (exact) mass is 645 g/mol. The Hall–Kier alpha value is -4.03. The van der Waals surface area contributed by atoms with Gasteiger partial charge in [-0.15, -0.1) is 0 Å². The van der Waals surface area contributed by atoms with Crippen LogP contribution in [-0.4, -0.2) is 68.6 Å². The molecule has 0 saturated carbocycles. The van der Waals surface area contributed by atoms with Crippen LogP contribution in [0.15, 0.2) is 97.1 Å². The Morgan fingerprint density at radius 3 is 2.06 bits per heavy atom. The highest BCUT2D eigenvalue weighted by atomic mass is 19.1. The van der Waals surface area contributed by atoms with E-state index in [1.807, 2.05) is 48.5 Å². The summed E-state index contributed by atoms with van der Waals surface area (Å²) in [6, 6.07) is 26.4. The van der Waals surface area contributed by atoms with Crippen molar-refractivity contribution >= 4 is 11.6 Å². The molecular weight excluding hydrogens is 608 g/mol. The minimum atomic E-state index is -1.44. The molecular formula is C37H37F2NO7. The number of carbonyl (C=O) groups excluding carboxylic acids is 1. The van der Waals surface area contributed by atoms with E-state index in [-0.39, 0.29) is 18.4 Å². The first kappa shape index (κ1) is 32.9. The van der Waals surface area contributed by atoms with Gasteiger partial charge in [0, 0.05) is 12.1 Å². The molecule has 5 N–H and O–H groups in total. The summed E-state index contributed by atoms with van der Waals surface area (Å²) in [5, 5.41) is 51.0. The van der Waals surface area contributed by atoms with Crippen molar-refractivity contribution < 1.29 is 43.8 Å². The van der Waals surface area contributed by atoms with Crippen molar-refractivity contribution in [2.75, 3.05) is 11.5 Å². The third kappa shape index (κ3) is 6.85. The fourth-order valence-electron chi connectivity index (χ4n) is 6.62. The molecule has 4 aromatic rings. The maximum atomic E-state index is 13.7. The molecule has 0 spiro atoms. The van der Waals surface area contributed by atoms with Crippen molar-refractivity contribution in [2.24, 2.45) is 5.92 Å². The predicted molar refractivity (Wildman–Crippen MR) is 170 cm³/mol. The largest absolute Gasteiger partial charge is 0.394 e. The van der Waals surface area contributed by atoms with E-state index in [4.69, 9.17) is 4.74 Å². The second kappa shape index (κ2) is 14.0. The van der Waals surface area contributed by atoms with Crippen LogP contribution in [0.5, 0.6) is 0 Å². The van der Waals surface area contributed by atoms with Gasteiger partial charge in [0.05, 0.1) is 30.8 Å². The van der Waals surface area contributed by atoms with Gasteiger partial charge in [-0.05, 0) is 77.1 Å². The lowest BCUT2D eigenvalue weighted by atomic mass is 9.78. The zero-order valence-corrected chi connectivity index (χ0v) is 25.4. The van der Waals surface area contributed by atoms with Gasteiger partial charge < -0.3 is 35.2 Å². The molecule has 2 aliphatic heterocycles. The number of hydrogen-bond acceptors (Lipinski definition) is 7. The van der Waals surface area contributed by atoms with Crippen LogP contribution in [0.25, 0.3) is 11.1 Å². The van der Waals surface area contributed by atoms with E-state index in [2.05, 4.69) is 0 Å². The van der Waals surface area contributed by atoms with Gasteiger partial charge >= 0.3 is 0 Å². The van der Waals surface area contributed by atoms with Crippen LogP contribution in [0.2, 0.25) is 0 Å². The van der Waals surface area contributed by atoms with Crippen LogP contribution < -0.4 is 4.90 Å². The molecule has 10 heteroatoms. The lowest BCUT2D eigenvalue weighted by Gasteiger charge is -2.48. The summed E-state index contributed by atoms with van der Waals surface area (Å²) in [4.78, 5) is 15.1. The van der Waals surface area contributed by atoms with Crippen LogP contribution >= 0.6 is 0 Å². The lowest BCUT2D eigenvalue weighted by Crippen LogP contribution is -2.59. The molecule has 246 valence electrons. The summed E-state index contributed by atoms with van der Waals surface area (Å²) in [6.45, 7) is -0.491. The van der Waals surface area contributed by atoms with Crippen molar-refractivity contribution in [1.29, 1.82) is 0 Å². The summed E-state index contributed by atoms with van der Waals surface area (Å²) < 4.78 is 32.8. The summed E-state index contributed by atoms with van der Waals surface area (Å²) >= 11 is 0. The molecule has 2 heterocycles. The number of halogens is 2. The number of aliphatic hydroxyl groups excluding tert-OH is 5. The van der Waals surface area contributed by atoms with E-state index in [1.54, 1.807) is 17.0 Å². The highest BCUT2D eigenvalue weighted by Gasteiger charge is 2.48. The van der Waals surface area contributed by atoms with Crippen molar-refractivity contribution in [2.45, 2.75) is 61.9 Å². The van der Waals surface area contributed by atoms with Gasteiger partial charge in [0.15, 0.2) is 0 Å². The summed E-state index contributed by atoms with van der Waals surface area (Å²) in [5.74, 6) is -1.36. The smallest absolute Gasteiger partial charge is 0.233 e. The van der Waals surface area contributed by atoms with Crippen molar-refractivity contribution in [1.82, 2.24) is 0 Å². The Morgan fingerprint density at radius 1 is 0.766 bits per heavy atom. The molecule has 4 aromatic carbocycles. The maximum Gasteiger partial charge on any atom is 0.233 e. The third-order valence-corrected chi connectivity index (χ3v) is 9.27. The number of ether oxygens (including phenoxy) is 1. The second-order valence-corrected chi connectivity index (χ2v) is 12.3. The van der Waals surface area contributed by atoms with Gasteiger partial charge in [0.2, 0.25) is 5.91 Å². The number of benzene rings is 4. The number of anilines is 1. The van der Waals surface area contributed by atoms with Gasteiger partial charge in [0.25, 0.3) is 0 Å². The van der Waals surface area contributed by atoms with E-state index in [0.29, 0.717) is 24.1 Å². The minimum Gasteiger partial charge on any atom is -0.394 e. The number of hydrogen-bond donors (Lipinski definition) is 5. The first-order valence-corrected chi connectivity index (χ1v) is 15.7. The van der Waals surface area contributed by atoms with E-state index in [9.17, 15) is 39.1 Å². The van der Waals surface area contributed by atoms with Crippen LogP contribution in [0.3, 0.4) is 0 Å². The van der Waals surface area contributed by atoms with Gasteiger partial charge in [-0.25, -0.2) is 8.78 Å². The minimum absolute atomic E-state index is 0.127. The molecule has 0 bridgehead atoms. The Morgan fingerprint density at radius 2 is 1.40 bits per heavy atom. The van der Waals surface area contributed by atoms with E-state index < -0.39 is 60.8 Å². The van der Waals surface area contributed by atoms with E-state index >= 15 is 0 Å².